The van der Waals surface area contributed by atoms with Crippen LogP contribution in [-0.2, 0) is 15.1 Å². The molecule has 0 spiro atoms. The molecule has 3 amide bonds. The quantitative estimate of drug-likeness (QED) is 0.551. The van der Waals surface area contributed by atoms with E-state index < -0.39 is 17.5 Å². The normalized spacial score (nSPS) is 18.9. The number of aliphatic carboxylic acids is 1. The average Bonchev–Trinajstić information content (AvgIpc) is 3.10. The van der Waals surface area contributed by atoms with E-state index in [4.69, 9.17) is 10.8 Å². The van der Waals surface area contributed by atoms with Gasteiger partial charge in [-0.05, 0) is 35.9 Å². The summed E-state index contributed by atoms with van der Waals surface area (Å²) < 4.78 is 0. The molecule has 31 heavy (non-hydrogen) atoms. The Morgan fingerprint density at radius 2 is 1.42 bits per heavy atom. The molecule has 1 saturated heterocycles. The van der Waals surface area contributed by atoms with Crippen LogP contribution in [0.4, 0.5) is 4.79 Å². The molecular formula is C24H29N3O4. The average molecular weight is 424 g/mol. The van der Waals surface area contributed by atoms with Crippen molar-refractivity contribution in [3.63, 3.8) is 0 Å². The van der Waals surface area contributed by atoms with E-state index >= 15 is 0 Å². The van der Waals surface area contributed by atoms with Crippen molar-refractivity contribution in [2.24, 2.45) is 11.1 Å². The molecule has 2 aliphatic rings. The smallest absolute Gasteiger partial charge is 0.322 e. The first-order valence-electron chi connectivity index (χ1n) is 10.6. The lowest BCUT2D eigenvalue weighted by molar-refractivity contribution is -0.140. The number of imide groups is 1. The van der Waals surface area contributed by atoms with Crippen LogP contribution < -0.4 is 16.4 Å². The summed E-state index contributed by atoms with van der Waals surface area (Å²) in [6.45, 7) is 0.527. The molecule has 1 heterocycles. The lowest BCUT2D eigenvalue weighted by Crippen LogP contribution is -2.44. The Morgan fingerprint density at radius 3 is 1.81 bits per heavy atom. The SMILES string of the molecule is NCC1(CC(=O)O)CCCCC1.O=C1NC(=O)C(c2ccccc2)(c2ccccc2)N1. The van der Waals surface area contributed by atoms with Crippen LogP contribution in [0.5, 0.6) is 0 Å². The summed E-state index contributed by atoms with van der Waals surface area (Å²) in [4.78, 5) is 34.5. The van der Waals surface area contributed by atoms with Gasteiger partial charge in [-0.1, -0.05) is 79.9 Å². The van der Waals surface area contributed by atoms with Crippen LogP contribution in [-0.4, -0.2) is 29.6 Å². The number of amides is 3. The van der Waals surface area contributed by atoms with E-state index in [1.807, 2.05) is 60.7 Å². The molecule has 7 nitrogen and oxygen atoms in total. The van der Waals surface area contributed by atoms with Gasteiger partial charge in [0.15, 0.2) is 5.54 Å². The second-order valence-corrected chi connectivity index (χ2v) is 8.23. The van der Waals surface area contributed by atoms with Gasteiger partial charge < -0.3 is 16.2 Å². The summed E-state index contributed by atoms with van der Waals surface area (Å²) >= 11 is 0. The summed E-state index contributed by atoms with van der Waals surface area (Å²) in [5.74, 6) is -1.06. The zero-order valence-electron chi connectivity index (χ0n) is 17.5. The van der Waals surface area contributed by atoms with Crippen molar-refractivity contribution in [3.05, 3.63) is 71.8 Å². The molecule has 0 unspecified atom stereocenters. The molecule has 1 saturated carbocycles. The molecule has 1 aliphatic carbocycles. The van der Waals surface area contributed by atoms with E-state index in [2.05, 4.69) is 10.6 Å². The van der Waals surface area contributed by atoms with E-state index in [-0.39, 0.29) is 17.7 Å². The van der Waals surface area contributed by atoms with Crippen LogP contribution >= 0.6 is 0 Å². The maximum atomic E-state index is 12.3. The van der Waals surface area contributed by atoms with Gasteiger partial charge in [0, 0.05) is 0 Å². The zero-order valence-corrected chi connectivity index (χ0v) is 17.5. The first-order valence-corrected chi connectivity index (χ1v) is 10.6. The topological polar surface area (TPSA) is 122 Å². The first kappa shape index (κ1) is 22.5. The Morgan fingerprint density at radius 1 is 0.903 bits per heavy atom. The van der Waals surface area contributed by atoms with Crippen LogP contribution in [0.25, 0.3) is 0 Å². The monoisotopic (exact) mass is 423 g/mol. The van der Waals surface area contributed by atoms with E-state index in [1.54, 1.807) is 0 Å². The van der Waals surface area contributed by atoms with Crippen molar-refractivity contribution in [2.45, 2.75) is 44.1 Å². The number of urea groups is 1. The summed E-state index contributed by atoms with van der Waals surface area (Å²) in [5.41, 5.74) is 5.89. The number of carbonyl (C=O) groups is 3. The molecule has 164 valence electrons. The third-order valence-electron chi connectivity index (χ3n) is 6.16. The Bertz CT molecular complexity index is 869. The van der Waals surface area contributed by atoms with Crippen LogP contribution in [0.1, 0.15) is 49.7 Å². The number of hydrogen-bond acceptors (Lipinski definition) is 4. The molecule has 2 aromatic rings. The predicted molar refractivity (Wildman–Crippen MR) is 117 cm³/mol. The highest BCUT2D eigenvalue weighted by atomic mass is 16.4. The van der Waals surface area contributed by atoms with Gasteiger partial charge in [0.2, 0.25) is 0 Å². The molecule has 0 aromatic heterocycles. The van der Waals surface area contributed by atoms with Crippen LogP contribution in [0, 0.1) is 5.41 Å². The number of carbonyl (C=O) groups excluding carboxylic acids is 2. The Balaban J connectivity index is 0.000000196. The predicted octanol–water partition coefficient (Wildman–Crippen LogP) is 3.14. The van der Waals surface area contributed by atoms with Gasteiger partial charge in [-0.3, -0.25) is 14.9 Å². The molecule has 7 heteroatoms. The maximum absolute atomic E-state index is 12.3. The van der Waals surface area contributed by atoms with E-state index in [0.717, 1.165) is 36.8 Å². The molecule has 0 atom stereocenters. The largest absolute Gasteiger partial charge is 0.481 e. The van der Waals surface area contributed by atoms with Gasteiger partial charge in [-0.2, -0.15) is 0 Å². The second kappa shape index (κ2) is 9.75. The van der Waals surface area contributed by atoms with Crippen LogP contribution in [0.2, 0.25) is 0 Å². The van der Waals surface area contributed by atoms with Crippen molar-refractivity contribution in [3.8, 4) is 0 Å². The number of rotatable bonds is 5. The van der Waals surface area contributed by atoms with E-state index in [9.17, 15) is 14.4 Å². The Hall–Kier alpha value is -3.19. The molecule has 5 N–H and O–H groups in total. The van der Waals surface area contributed by atoms with Gasteiger partial charge >= 0.3 is 12.0 Å². The highest BCUT2D eigenvalue weighted by Crippen LogP contribution is 2.38. The third kappa shape index (κ3) is 4.94. The third-order valence-corrected chi connectivity index (χ3v) is 6.16. The lowest BCUT2D eigenvalue weighted by atomic mass is 9.72. The number of carboxylic acids is 1. The first-order chi connectivity index (χ1) is 14.9. The lowest BCUT2D eigenvalue weighted by Gasteiger charge is -2.34. The zero-order chi connectivity index (χ0) is 22.3. The summed E-state index contributed by atoms with van der Waals surface area (Å²) in [5, 5.41) is 13.8. The molecule has 2 aromatic carbocycles. The molecule has 0 bridgehead atoms. The maximum Gasteiger partial charge on any atom is 0.322 e. The van der Waals surface area contributed by atoms with Gasteiger partial charge in [-0.15, -0.1) is 0 Å². The van der Waals surface area contributed by atoms with E-state index in [0.29, 0.717) is 6.54 Å². The number of benzene rings is 2. The number of nitrogens with one attached hydrogen (secondary N) is 2. The minimum absolute atomic E-state index is 0.0793. The van der Waals surface area contributed by atoms with Crippen LogP contribution in [0.15, 0.2) is 60.7 Å². The van der Waals surface area contributed by atoms with Gasteiger partial charge in [0.25, 0.3) is 5.91 Å². The summed E-state index contributed by atoms with van der Waals surface area (Å²) in [7, 11) is 0. The fourth-order valence-corrected chi connectivity index (χ4v) is 4.48. The number of hydrogen-bond donors (Lipinski definition) is 4. The number of carboxylic acid groups (broad SMARTS) is 1. The number of nitrogens with two attached hydrogens (primary N) is 1. The standard InChI is InChI=1S/C15H12N2O2.C9H17NO2/c18-13-15(17-14(19)16-13,11-7-3-1-4-8-11)12-9-5-2-6-10-12;10-7-9(6-8(11)12)4-2-1-3-5-9/h1-10H,(H2,16,17,18,19);1-7,10H2,(H,11,12). The highest BCUT2D eigenvalue weighted by molar-refractivity contribution is 6.09. The second-order valence-electron chi connectivity index (χ2n) is 8.23. The summed E-state index contributed by atoms with van der Waals surface area (Å²) in [6.07, 6.45) is 5.77. The van der Waals surface area contributed by atoms with Gasteiger partial charge in [-0.25, -0.2) is 4.79 Å². The summed E-state index contributed by atoms with van der Waals surface area (Å²) in [6, 6.07) is 18.0. The Kier molecular flexibility index (Phi) is 7.07. The van der Waals surface area contributed by atoms with Crippen molar-refractivity contribution in [1.82, 2.24) is 10.6 Å². The fraction of sp³-hybridized carbons (Fsp3) is 0.375. The van der Waals surface area contributed by atoms with Crippen molar-refractivity contribution in [1.29, 1.82) is 0 Å². The molecule has 4 rings (SSSR count). The molecular weight excluding hydrogens is 394 g/mol. The molecule has 2 fully saturated rings. The molecule has 1 aliphatic heterocycles. The molecule has 0 radical (unpaired) electrons. The van der Waals surface area contributed by atoms with Crippen molar-refractivity contribution >= 4 is 17.9 Å². The van der Waals surface area contributed by atoms with Crippen molar-refractivity contribution < 1.29 is 19.5 Å². The minimum atomic E-state index is -1.14. The van der Waals surface area contributed by atoms with Crippen molar-refractivity contribution in [2.75, 3.05) is 6.54 Å². The Labute approximate surface area is 182 Å². The van der Waals surface area contributed by atoms with E-state index in [1.165, 1.54) is 6.42 Å². The fourth-order valence-electron chi connectivity index (χ4n) is 4.48. The minimum Gasteiger partial charge on any atom is -0.481 e. The van der Waals surface area contributed by atoms with Gasteiger partial charge in [0.05, 0.1) is 6.42 Å². The van der Waals surface area contributed by atoms with Gasteiger partial charge in [0.1, 0.15) is 0 Å². The van der Waals surface area contributed by atoms with Crippen LogP contribution in [0.3, 0.4) is 0 Å². The highest BCUT2D eigenvalue weighted by Gasteiger charge is 2.48.